The van der Waals surface area contributed by atoms with Crippen LogP contribution in [0.25, 0.3) is 0 Å². The Morgan fingerprint density at radius 2 is 2.15 bits per heavy atom. The van der Waals surface area contributed by atoms with E-state index < -0.39 is 0 Å². The van der Waals surface area contributed by atoms with Gasteiger partial charge in [-0.25, -0.2) is 0 Å². The maximum absolute atomic E-state index is 6.02. The van der Waals surface area contributed by atoms with Gasteiger partial charge in [-0.2, -0.15) is 0 Å². The molecule has 0 saturated carbocycles. The minimum absolute atomic E-state index is 0.283. The summed E-state index contributed by atoms with van der Waals surface area (Å²) in [6, 6.07) is 6.69. The first-order chi connectivity index (χ1) is 9.51. The van der Waals surface area contributed by atoms with Gasteiger partial charge in [0.25, 0.3) is 0 Å². The molecule has 0 bridgehead atoms. The van der Waals surface area contributed by atoms with Crippen LogP contribution in [0.3, 0.4) is 0 Å². The van der Waals surface area contributed by atoms with Gasteiger partial charge in [0.15, 0.2) is 0 Å². The molecule has 0 aromatic heterocycles. The van der Waals surface area contributed by atoms with Crippen LogP contribution in [0.2, 0.25) is 0 Å². The molecule has 2 atom stereocenters. The van der Waals surface area contributed by atoms with Crippen molar-refractivity contribution >= 4 is 31.9 Å². The van der Waals surface area contributed by atoms with Crippen molar-refractivity contribution in [3.63, 3.8) is 0 Å². The van der Waals surface area contributed by atoms with E-state index in [1.807, 2.05) is 0 Å². The van der Waals surface area contributed by atoms with Crippen LogP contribution in [0.15, 0.2) is 27.1 Å². The van der Waals surface area contributed by atoms with Crippen molar-refractivity contribution in [3.05, 3.63) is 32.7 Å². The van der Waals surface area contributed by atoms with E-state index >= 15 is 0 Å². The van der Waals surface area contributed by atoms with Crippen LogP contribution in [-0.2, 0) is 0 Å². The van der Waals surface area contributed by atoms with E-state index in [1.54, 1.807) is 0 Å². The average molecular weight is 405 g/mol. The third-order valence-electron chi connectivity index (χ3n) is 4.12. The molecule has 1 aromatic carbocycles. The molecule has 1 heterocycles. The summed E-state index contributed by atoms with van der Waals surface area (Å²) in [6.45, 7) is 4.17. The third-order valence-corrected chi connectivity index (χ3v) is 6.00. The van der Waals surface area contributed by atoms with E-state index in [1.165, 1.54) is 25.1 Å². The summed E-state index contributed by atoms with van der Waals surface area (Å²) in [5, 5.41) is 0. The minimum atomic E-state index is 0.283. The quantitative estimate of drug-likeness (QED) is 0.818. The maximum Gasteiger partial charge on any atom is 0.0467 e. The van der Waals surface area contributed by atoms with Gasteiger partial charge in [0.05, 0.1) is 0 Å². The molecule has 2 rings (SSSR count). The third kappa shape index (κ3) is 4.04. The van der Waals surface area contributed by atoms with Gasteiger partial charge in [0.1, 0.15) is 0 Å². The molecule has 0 radical (unpaired) electrons. The first kappa shape index (κ1) is 16.4. The number of nitrogens with zero attached hydrogens (tertiary/aromatic N) is 2. The Morgan fingerprint density at radius 1 is 1.40 bits per heavy atom. The van der Waals surface area contributed by atoms with E-state index in [-0.39, 0.29) is 6.04 Å². The topological polar surface area (TPSA) is 32.5 Å². The molecule has 1 fully saturated rings. The molecular weight excluding hydrogens is 382 g/mol. The monoisotopic (exact) mass is 403 g/mol. The molecule has 5 heteroatoms. The molecule has 2 unspecified atom stereocenters. The normalized spacial score (nSPS) is 21.6. The van der Waals surface area contributed by atoms with E-state index in [4.69, 9.17) is 5.73 Å². The number of halogens is 2. The van der Waals surface area contributed by atoms with Crippen molar-refractivity contribution in [3.8, 4) is 0 Å². The summed E-state index contributed by atoms with van der Waals surface area (Å²) >= 11 is 7.09. The fourth-order valence-electron chi connectivity index (χ4n) is 3.00. The predicted octanol–water partition coefficient (Wildman–Crippen LogP) is 3.09. The largest absolute Gasteiger partial charge is 0.329 e. The number of hydrogen-bond donors (Lipinski definition) is 1. The zero-order valence-electron chi connectivity index (χ0n) is 12.1. The Labute approximate surface area is 138 Å². The van der Waals surface area contributed by atoms with Crippen LogP contribution < -0.4 is 5.73 Å². The van der Waals surface area contributed by atoms with Crippen molar-refractivity contribution in [1.82, 2.24) is 9.80 Å². The molecule has 2 N–H and O–H groups in total. The molecule has 20 heavy (non-hydrogen) atoms. The van der Waals surface area contributed by atoms with Gasteiger partial charge in [-0.15, -0.1) is 0 Å². The van der Waals surface area contributed by atoms with E-state index in [0.717, 1.165) is 21.4 Å². The molecular formula is C15H23Br2N3. The van der Waals surface area contributed by atoms with Gasteiger partial charge < -0.3 is 10.6 Å². The van der Waals surface area contributed by atoms with Crippen LogP contribution in [0.5, 0.6) is 0 Å². The summed E-state index contributed by atoms with van der Waals surface area (Å²) in [5.41, 5.74) is 7.29. The zero-order valence-corrected chi connectivity index (χ0v) is 15.3. The van der Waals surface area contributed by atoms with Gasteiger partial charge in [-0.05, 0) is 82.5 Å². The van der Waals surface area contributed by atoms with Crippen molar-refractivity contribution < 1.29 is 0 Å². The summed E-state index contributed by atoms with van der Waals surface area (Å²) < 4.78 is 2.17. The van der Waals surface area contributed by atoms with Crippen LogP contribution in [0.4, 0.5) is 0 Å². The second-order valence-corrected chi connectivity index (χ2v) is 7.49. The van der Waals surface area contributed by atoms with Gasteiger partial charge in [-0.3, -0.25) is 4.90 Å². The van der Waals surface area contributed by atoms with Crippen molar-refractivity contribution in [1.29, 1.82) is 0 Å². The predicted molar refractivity (Wildman–Crippen MR) is 91.9 cm³/mol. The van der Waals surface area contributed by atoms with Gasteiger partial charge in [-0.1, -0.05) is 6.07 Å². The van der Waals surface area contributed by atoms with Crippen molar-refractivity contribution in [2.45, 2.75) is 12.5 Å². The number of likely N-dealkylation sites (N-methyl/N-ethyl adjacent to an activating group) is 1. The van der Waals surface area contributed by atoms with Crippen LogP contribution >= 0.6 is 31.9 Å². The fraction of sp³-hybridized carbons (Fsp3) is 0.600. The molecule has 1 aromatic rings. The molecule has 0 aliphatic carbocycles. The zero-order chi connectivity index (χ0) is 14.7. The van der Waals surface area contributed by atoms with Crippen LogP contribution in [0, 0.1) is 5.92 Å². The van der Waals surface area contributed by atoms with Gasteiger partial charge in [0.2, 0.25) is 0 Å². The lowest BCUT2D eigenvalue weighted by molar-refractivity contribution is 0.211. The minimum Gasteiger partial charge on any atom is -0.329 e. The highest BCUT2D eigenvalue weighted by Crippen LogP contribution is 2.29. The first-order valence-corrected chi connectivity index (χ1v) is 8.63. The number of benzene rings is 1. The average Bonchev–Trinajstić information content (AvgIpc) is 2.80. The smallest absolute Gasteiger partial charge is 0.0467 e. The van der Waals surface area contributed by atoms with Gasteiger partial charge >= 0.3 is 0 Å². The Hall–Kier alpha value is 0.0600. The Morgan fingerprint density at radius 3 is 2.70 bits per heavy atom. The molecule has 0 amide bonds. The Kier molecular flexibility index (Phi) is 6.05. The SMILES string of the molecule is CN1CCC(CN(C)C(CN)c2ccc(Br)c(Br)c2)C1. The summed E-state index contributed by atoms with van der Waals surface area (Å²) in [7, 11) is 4.39. The number of hydrogen-bond acceptors (Lipinski definition) is 3. The van der Waals surface area contributed by atoms with Crippen molar-refractivity contribution in [2.75, 3.05) is 40.3 Å². The second-order valence-electron chi connectivity index (χ2n) is 5.78. The molecule has 1 saturated heterocycles. The lowest BCUT2D eigenvalue weighted by Gasteiger charge is -2.30. The number of nitrogens with two attached hydrogens (primary N) is 1. The molecule has 112 valence electrons. The van der Waals surface area contributed by atoms with Crippen LogP contribution in [-0.4, -0.2) is 50.1 Å². The Bertz CT molecular complexity index is 453. The molecule has 1 aliphatic rings. The van der Waals surface area contributed by atoms with E-state index in [9.17, 15) is 0 Å². The fourth-order valence-corrected chi connectivity index (χ4v) is 3.64. The lowest BCUT2D eigenvalue weighted by Crippen LogP contribution is -2.35. The number of likely N-dealkylation sites (tertiary alicyclic amines) is 1. The second kappa shape index (κ2) is 7.36. The summed E-state index contributed by atoms with van der Waals surface area (Å²) in [5.74, 6) is 0.762. The van der Waals surface area contributed by atoms with E-state index in [2.05, 4.69) is 74.0 Å². The number of rotatable bonds is 5. The highest BCUT2D eigenvalue weighted by molar-refractivity contribution is 9.13. The highest BCUT2D eigenvalue weighted by Gasteiger charge is 2.24. The maximum atomic E-state index is 6.02. The summed E-state index contributed by atoms with van der Waals surface area (Å²) in [4.78, 5) is 4.81. The molecule has 0 spiro atoms. The van der Waals surface area contributed by atoms with Crippen LogP contribution in [0.1, 0.15) is 18.0 Å². The Balaban J connectivity index is 2.04. The first-order valence-electron chi connectivity index (χ1n) is 7.05. The molecule has 3 nitrogen and oxygen atoms in total. The highest BCUT2D eigenvalue weighted by atomic mass is 79.9. The van der Waals surface area contributed by atoms with E-state index in [0.29, 0.717) is 6.54 Å². The van der Waals surface area contributed by atoms with Crippen molar-refractivity contribution in [2.24, 2.45) is 11.7 Å². The standard InChI is InChI=1S/C15H23Br2N3/c1-19-6-5-11(9-19)10-20(2)15(8-18)12-3-4-13(16)14(17)7-12/h3-4,7,11,15H,5-6,8-10,18H2,1-2H3. The molecule has 1 aliphatic heterocycles. The van der Waals surface area contributed by atoms with Gasteiger partial charge in [0, 0.05) is 34.6 Å². The summed E-state index contributed by atoms with van der Waals surface area (Å²) in [6.07, 6.45) is 1.29. The lowest BCUT2D eigenvalue weighted by atomic mass is 10.0.